The lowest BCUT2D eigenvalue weighted by molar-refractivity contribution is -0.129. The van der Waals surface area contributed by atoms with Gasteiger partial charge in [0.15, 0.2) is 0 Å². The highest BCUT2D eigenvalue weighted by molar-refractivity contribution is 7.89. The number of nitrogens with zero attached hydrogens (tertiary/aromatic N) is 2. The Labute approximate surface area is 206 Å². The van der Waals surface area contributed by atoms with Gasteiger partial charge in [-0.25, -0.2) is 8.42 Å². The minimum absolute atomic E-state index is 0.0363. The van der Waals surface area contributed by atoms with Crippen LogP contribution in [0.15, 0.2) is 89.8 Å². The van der Waals surface area contributed by atoms with Gasteiger partial charge in [0.2, 0.25) is 15.9 Å². The first kappa shape index (κ1) is 24.6. The summed E-state index contributed by atoms with van der Waals surface area (Å²) in [7, 11) is -3.77. The highest BCUT2D eigenvalue weighted by atomic mass is 32.2. The number of hydrogen-bond donors (Lipinski definition) is 1. The maximum absolute atomic E-state index is 13.2. The molecule has 8 heteroatoms. The molecule has 2 amide bonds. The monoisotopic (exact) mass is 491 g/mol. The third-order valence-corrected chi connectivity index (χ3v) is 8.18. The minimum Gasteiger partial charge on any atom is -0.351 e. The zero-order valence-electron chi connectivity index (χ0n) is 19.6. The first-order valence-corrected chi connectivity index (χ1v) is 13.0. The molecule has 35 heavy (non-hydrogen) atoms. The van der Waals surface area contributed by atoms with Gasteiger partial charge in [0.05, 0.1) is 4.90 Å². The number of hydrogen-bond acceptors (Lipinski definition) is 4. The second-order valence-corrected chi connectivity index (χ2v) is 10.5. The maximum Gasteiger partial charge on any atom is 0.251 e. The van der Waals surface area contributed by atoms with Gasteiger partial charge in [-0.15, -0.1) is 0 Å². The molecular formula is C27H29N3O4S. The number of benzene rings is 3. The first-order valence-electron chi connectivity index (χ1n) is 11.6. The summed E-state index contributed by atoms with van der Waals surface area (Å²) in [6.07, 6.45) is 0. The number of piperazine rings is 1. The van der Waals surface area contributed by atoms with E-state index in [1.54, 1.807) is 17.0 Å². The van der Waals surface area contributed by atoms with Crippen molar-refractivity contribution in [1.29, 1.82) is 0 Å². The third kappa shape index (κ3) is 5.78. The zero-order valence-corrected chi connectivity index (χ0v) is 20.4. The largest absolute Gasteiger partial charge is 0.351 e. The molecule has 1 aliphatic heterocycles. The Morgan fingerprint density at radius 1 is 0.829 bits per heavy atom. The van der Waals surface area contributed by atoms with Crippen LogP contribution in [0.4, 0.5) is 0 Å². The number of carbonyl (C=O) groups is 2. The molecule has 1 N–H and O–H groups in total. The molecule has 3 aromatic carbocycles. The van der Waals surface area contributed by atoms with Crippen LogP contribution in [0.5, 0.6) is 0 Å². The molecule has 1 fully saturated rings. The Morgan fingerprint density at radius 2 is 1.40 bits per heavy atom. The van der Waals surface area contributed by atoms with Crippen molar-refractivity contribution in [2.24, 2.45) is 0 Å². The topological polar surface area (TPSA) is 86.8 Å². The fourth-order valence-corrected chi connectivity index (χ4v) is 5.75. The third-order valence-electron chi connectivity index (χ3n) is 6.29. The summed E-state index contributed by atoms with van der Waals surface area (Å²) >= 11 is 0. The molecule has 1 saturated heterocycles. The van der Waals surface area contributed by atoms with Crippen molar-refractivity contribution in [2.75, 3.05) is 32.7 Å². The maximum atomic E-state index is 13.2. The molecule has 0 spiro atoms. The van der Waals surface area contributed by atoms with E-state index in [0.29, 0.717) is 19.6 Å². The highest BCUT2D eigenvalue weighted by Crippen LogP contribution is 2.24. The summed E-state index contributed by atoms with van der Waals surface area (Å²) in [5.74, 6) is -0.434. The van der Waals surface area contributed by atoms with Crippen molar-refractivity contribution in [3.63, 3.8) is 0 Å². The Balaban J connectivity index is 1.48. The number of amides is 2. The smallest absolute Gasteiger partial charge is 0.251 e. The summed E-state index contributed by atoms with van der Waals surface area (Å²) < 4.78 is 27.7. The van der Waals surface area contributed by atoms with Crippen molar-refractivity contribution in [2.45, 2.75) is 17.7 Å². The van der Waals surface area contributed by atoms with Crippen LogP contribution in [0.2, 0.25) is 0 Å². The van der Waals surface area contributed by atoms with Crippen molar-refractivity contribution in [3.8, 4) is 0 Å². The SMILES string of the molecule is CC(=O)N1CCN(S(=O)(=O)c2cccc(C(=O)NCC(c3ccccc3)c3ccccc3)c2)CC1. The lowest BCUT2D eigenvalue weighted by atomic mass is 9.91. The van der Waals surface area contributed by atoms with Gasteiger partial charge in [0, 0.05) is 51.1 Å². The Hall–Kier alpha value is -3.49. The average molecular weight is 492 g/mol. The van der Waals surface area contributed by atoms with E-state index < -0.39 is 10.0 Å². The molecular weight excluding hydrogens is 462 g/mol. The van der Waals surface area contributed by atoms with Crippen molar-refractivity contribution >= 4 is 21.8 Å². The van der Waals surface area contributed by atoms with E-state index >= 15 is 0 Å². The van der Waals surface area contributed by atoms with Gasteiger partial charge in [-0.2, -0.15) is 4.31 Å². The van der Waals surface area contributed by atoms with Gasteiger partial charge >= 0.3 is 0 Å². The summed E-state index contributed by atoms with van der Waals surface area (Å²) in [5.41, 5.74) is 2.45. The van der Waals surface area contributed by atoms with Gasteiger partial charge in [-0.3, -0.25) is 9.59 Å². The van der Waals surface area contributed by atoms with Crippen LogP contribution in [0, 0.1) is 0 Å². The van der Waals surface area contributed by atoms with Crippen molar-refractivity contribution < 1.29 is 18.0 Å². The molecule has 1 heterocycles. The van der Waals surface area contributed by atoms with Gasteiger partial charge in [0.25, 0.3) is 5.91 Å². The summed E-state index contributed by atoms with van der Waals surface area (Å²) in [6.45, 7) is 3.02. The quantitative estimate of drug-likeness (QED) is 0.550. The highest BCUT2D eigenvalue weighted by Gasteiger charge is 2.29. The minimum atomic E-state index is -3.77. The van der Waals surface area contributed by atoms with Crippen LogP contribution in [-0.4, -0.2) is 62.2 Å². The van der Waals surface area contributed by atoms with Crippen LogP contribution in [-0.2, 0) is 14.8 Å². The van der Waals surface area contributed by atoms with E-state index in [4.69, 9.17) is 0 Å². The summed E-state index contributed by atoms with van der Waals surface area (Å²) in [4.78, 5) is 26.3. The molecule has 0 saturated carbocycles. The number of rotatable bonds is 7. The second-order valence-electron chi connectivity index (χ2n) is 8.52. The Kier molecular flexibility index (Phi) is 7.63. The molecule has 0 aliphatic carbocycles. The van der Waals surface area contributed by atoms with Crippen molar-refractivity contribution in [3.05, 3.63) is 102 Å². The molecule has 0 unspecified atom stereocenters. The molecule has 7 nitrogen and oxygen atoms in total. The molecule has 0 aromatic heterocycles. The molecule has 3 aromatic rings. The fraction of sp³-hybridized carbons (Fsp3) is 0.259. The lowest BCUT2D eigenvalue weighted by Gasteiger charge is -2.33. The molecule has 0 bridgehead atoms. The average Bonchev–Trinajstić information content (AvgIpc) is 2.90. The van der Waals surface area contributed by atoms with Crippen LogP contribution in [0.1, 0.15) is 34.3 Å². The normalized spacial score (nSPS) is 14.6. The molecule has 182 valence electrons. The van der Waals surface area contributed by atoms with E-state index in [-0.39, 0.29) is 41.3 Å². The fourth-order valence-electron chi connectivity index (χ4n) is 4.29. The standard InChI is InChI=1S/C27H29N3O4S/c1-21(31)29-15-17-30(18-16-29)35(33,34)25-14-8-13-24(19-25)27(32)28-20-26(22-9-4-2-5-10-22)23-11-6-3-7-12-23/h2-14,19,26H,15-18,20H2,1H3,(H,28,32). The van der Waals surface area contributed by atoms with E-state index in [2.05, 4.69) is 5.32 Å². The predicted octanol–water partition coefficient (Wildman–Crippen LogP) is 3.10. The van der Waals surface area contributed by atoms with E-state index in [1.807, 2.05) is 60.7 Å². The number of carbonyl (C=O) groups excluding carboxylic acids is 2. The lowest BCUT2D eigenvalue weighted by Crippen LogP contribution is -2.49. The number of sulfonamides is 1. The molecule has 4 rings (SSSR count). The van der Waals surface area contributed by atoms with Gasteiger partial charge in [-0.1, -0.05) is 66.7 Å². The zero-order chi connectivity index (χ0) is 24.8. The summed E-state index contributed by atoms with van der Waals surface area (Å²) in [6, 6.07) is 26.0. The van der Waals surface area contributed by atoms with Crippen LogP contribution in [0.3, 0.4) is 0 Å². The van der Waals surface area contributed by atoms with Gasteiger partial charge in [0.1, 0.15) is 0 Å². The summed E-state index contributed by atoms with van der Waals surface area (Å²) in [5, 5.41) is 2.98. The number of nitrogens with one attached hydrogen (secondary N) is 1. The van der Waals surface area contributed by atoms with E-state index in [0.717, 1.165) is 11.1 Å². The Morgan fingerprint density at radius 3 is 1.94 bits per heavy atom. The van der Waals surface area contributed by atoms with Gasteiger partial charge < -0.3 is 10.2 Å². The molecule has 0 radical (unpaired) electrons. The van der Waals surface area contributed by atoms with Crippen LogP contribution < -0.4 is 5.32 Å². The van der Waals surface area contributed by atoms with Crippen LogP contribution >= 0.6 is 0 Å². The van der Waals surface area contributed by atoms with Crippen LogP contribution in [0.25, 0.3) is 0 Å². The first-order chi connectivity index (χ1) is 16.9. The van der Waals surface area contributed by atoms with E-state index in [1.165, 1.54) is 23.4 Å². The van der Waals surface area contributed by atoms with Crippen molar-refractivity contribution in [1.82, 2.24) is 14.5 Å². The molecule has 0 atom stereocenters. The Bertz CT molecular complexity index is 1230. The predicted molar refractivity (Wildman–Crippen MR) is 135 cm³/mol. The second kappa shape index (κ2) is 10.8. The van der Waals surface area contributed by atoms with Gasteiger partial charge in [-0.05, 0) is 29.3 Å². The van der Waals surface area contributed by atoms with E-state index in [9.17, 15) is 18.0 Å². The molecule has 1 aliphatic rings.